The van der Waals surface area contributed by atoms with Crippen molar-refractivity contribution in [2.75, 3.05) is 47.5 Å². The topological polar surface area (TPSA) is 108 Å². The highest BCUT2D eigenvalue weighted by molar-refractivity contribution is 7.47. The van der Waals surface area contributed by atoms with Crippen molar-refractivity contribution in [2.45, 2.75) is 328 Å². The number of quaternary nitrogens is 1. The van der Waals surface area contributed by atoms with Crippen molar-refractivity contribution in [3.63, 3.8) is 0 Å². The number of ether oxygens (including phenoxy) is 2. The molecule has 0 aliphatic carbocycles. The molecule has 0 radical (unpaired) electrons. The second kappa shape index (κ2) is 73.1. The van der Waals surface area contributed by atoms with E-state index in [0.29, 0.717) is 17.4 Å². The molecule has 0 aromatic rings. The highest BCUT2D eigenvalue weighted by Gasteiger charge is 2.27. The Kier molecular flexibility index (Phi) is 69.9. The number of phosphoric acid groups is 1. The molecule has 0 saturated heterocycles. The first kappa shape index (κ1) is 89.9. The van der Waals surface area contributed by atoms with Crippen LogP contribution in [0.25, 0.3) is 0 Å². The summed E-state index contributed by atoms with van der Waals surface area (Å²) in [5.74, 6) is -0.792. The molecule has 1 N–H and O–H groups in total. The molecule has 0 amide bonds. The first-order valence-electron chi connectivity index (χ1n) is 38.6. The Morgan fingerprint density at radius 3 is 0.851 bits per heavy atom. The Labute approximate surface area is 580 Å². The Morgan fingerprint density at radius 2 is 0.574 bits per heavy atom. The van der Waals surface area contributed by atoms with Gasteiger partial charge in [-0.3, -0.25) is 18.6 Å². The van der Waals surface area contributed by atoms with Gasteiger partial charge in [-0.25, -0.2) is 4.57 Å². The number of esters is 2. The van der Waals surface area contributed by atoms with E-state index in [2.05, 4.69) is 160 Å². The van der Waals surface area contributed by atoms with Crippen LogP contribution in [0.15, 0.2) is 146 Å². The van der Waals surface area contributed by atoms with E-state index in [1.54, 1.807) is 0 Å². The molecule has 2 unspecified atom stereocenters. The molecule has 0 aromatic heterocycles. The fourth-order valence-corrected chi connectivity index (χ4v) is 11.3. The van der Waals surface area contributed by atoms with E-state index in [0.717, 1.165) is 109 Å². The van der Waals surface area contributed by atoms with Gasteiger partial charge in [0.1, 0.15) is 19.8 Å². The number of unbranched alkanes of at least 4 members (excludes halogenated alkanes) is 32. The smallest absolute Gasteiger partial charge is 0.462 e. The number of carbonyl (C=O) groups excluding carboxylic acids is 2. The number of allylic oxidation sites excluding steroid dienone is 24. The lowest BCUT2D eigenvalue weighted by Gasteiger charge is -2.24. The molecule has 0 heterocycles. The molecule has 0 bridgehead atoms. The van der Waals surface area contributed by atoms with Gasteiger partial charge in [-0.15, -0.1) is 0 Å². The summed E-state index contributed by atoms with van der Waals surface area (Å²) in [5.41, 5.74) is 0. The first-order chi connectivity index (χ1) is 46.0. The minimum absolute atomic E-state index is 0.0277. The van der Waals surface area contributed by atoms with Crippen LogP contribution in [-0.2, 0) is 32.7 Å². The Morgan fingerprint density at radius 1 is 0.330 bits per heavy atom. The zero-order valence-corrected chi connectivity index (χ0v) is 62.3. The van der Waals surface area contributed by atoms with E-state index >= 15 is 0 Å². The number of rotatable bonds is 70. The molecule has 0 aliphatic heterocycles. The van der Waals surface area contributed by atoms with Gasteiger partial charge in [0, 0.05) is 12.8 Å². The Bertz CT molecular complexity index is 2100. The van der Waals surface area contributed by atoms with Crippen LogP contribution in [0, 0.1) is 0 Å². The lowest BCUT2D eigenvalue weighted by Crippen LogP contribution is -2.37. The standard InChI is InChI=1S/C84H144NO8P/c1-6-8-10-12-14-16-18-20-22-24-26-28-30-32-34-36-38-40-41-42-43-45-47-49-51-53-55-57-59-61-63-65-67-69-71-73-75-77-84(87)93-82(81-92-94(88,89)91-79-78-85(3,4)5)80-90-83(86)76-74-72-70-68-66-64-62-60-58-56-54-52-50-48-46-44-39-37-35-33-31-29-27-25-23-21-19-17-15-13-11-9-7-2/h8-11,14-17,20-23,26-29,32-35,38-40,44,82H,6-7,12-13,18-19,24-25,30-31,36-37,41-43,45-81H2,1-5H3/p+1/b10-8-,11-9-,16-14-,17-15-,22-20-,23-21-,28-26-,29-27-,34-32-,35-33-,40-38-,44-39-. The summed E-state index contributed by atoms with van der Waals surface area (Å²) >= 11 is 0. The Hall–Kier alpha value is -4.11. The van der Waals surface area contributed by atoms with E-state index in [9.17, 15) is 19.0 Å². The van der Waals surface area contributed by atoms with E-state index in [1.807, 2.05) is 21.1 Å². The van der Waals surface area contributed by atoms with Crippen LogP contribution in [0.4, 0.5) is 0 Å². The zero-order valence-electron chi connectivity index (χ0n) is 61.4. The molecule has 10 heteroatoms. The van der Waals surface area contributed by atoms with Gasteiger partial charge in [0.15, 0.2) is 6.10 Å². The van der Waals surface area contributed by atoms with Crippen LogP contribution in [0.1, 0.15) is 322 Å². The van der Waals surface area contributed by atoms with Gasteiger partial charge in [-0.1, -0.05) is 339 Å². The highest BCUT2D eigenvalue weighted by atomic mass is 31.2. The molecule has 94 heavy (non-hydrogen) atoms. The number of carbonyl (C=O) groups is 2. The molecule has 538 valence electrons. The normalized spacial score (nSPS) is 13.9. The Balaban J connectivity index is 4.00. The third-order valence-corrected chi connectivity index (χ3v) is 17.3. The van der Waals surface area contributed by atoms with Gasteiger partial charge in [0.05, 0.1) is 27.7 Å². The fraction of sp³-hybridized carbons (Fsp3) is 0.690. The van der Waals surface area contributed by atoms with Crippen molar-refractivity contribution in [1.82, 2.24) is 0 Å². The van der Waals surface area contributed by atoms with Gasteiger partial charge in [-0.2, -0.15) is 0 Å². The third kappa shape index (κ3) is 76.9. The quantitative estimate of drug-likeness (QED) is 0.0211. The predicted octanol–water partition coefficient (Wildman–Crippen LogP) is 25.7. The maximum atomic E-state index is 12.9. The van der Waals surface area contributed by atoms with Crippen LogP contribution in [0.2, 0.25) is 0 Å². The van der Waals surface area contributed by atoms with Crippen LogP contribution in [0.5, 0.6) is 0 Å². The summed E-state index contributed by atoms with van der Waals surface area (Å²) in [6.45, 7) is 4.23. The van der Waals surface area contributed by atoms with E-state index in [1.165, 1.54) is 180 Å². The van der Waals surface area contributed by atoms with Crippen LogP contribution in [0.3, 0.4) is 0 Å². The second-order valence-corrected chi connectivity index (χ2v) is 28.1. The van der Waals surface area contributed by atoms with Gasteiger partial charge in [-0.05, 0) is 116 Å². The highest BCUT2D eigenvalue weighted by Crippen LogP contribution is 2.43. The van der Waals surface area contributed by atoms with Crippen LogP contribution >= 0.6 is 7.82 Å². The minimum atomic E-state index is -4.40. The van der Waals surface area contributed by atoms with Crippen molar-refractivity contribution in [3.05, 3.63) is 146 Å². The number of hydrogen-bond acceptors (Lipinski definition) is 7. The number of likely N-dealkylation sites (N-methyl/N-ethyl adjacent to an activating group) is 1. The fourth-order valence-electron chi connectivity index (χ4n) is 10.6. The molecule has 0 aliphatic rings. The average Bonchev–Trinajstić information content (AvgIpc) is 1.56. The molecular weight excluding hydrogens is 1180 g/mol. The molecule has 0 fully saturated rings. The lowest BCUT2D eigenvalue weighted by atomic mass is 10.0. The summed E-state index contributed by atoms with van der Waals surface area (Å²) < 4.78 is 34.8. The molecular formula is C84H145NO8P+. The summed E-state index contributed by atoms with van der Waals surface area (Å²) in [5, 5.41) is 0. The van der Waals surface area contributed by atoms with E-state index in [4.69, 9.17) is 18.5 Å². The van der Waals surface area contributed by atoms with Crippen molar-refractivity contribution in [1.29, 1.82) is 0 Å². The minimum Gasteiger partial charge on any atom is -0.462 e. The van der Waals surface area contributed by atoms with E-state index in [-0.39, 0.29) is 32.0 Å². The number of hydrogen-bond donors (Lipinski definition) is 1. The van der Waals surface area contributed by atoms with E-state index < -0.39 is 26.5 Å². The van der Waals surface area contributed by atoms with Gasteiger partial charge < -0.3 is 18.9 Å². The molecule has 0 saturated carbocycles. The summed E-state index contributed by atoms with van der Waals surface area (Å²) in [7, 11) is 1.48. The van der Waals surface area contributed by atoms with Crippen molar-refractivity contribution in [3.8, 4) is 0 Å². The maximum absolute atomic E-state index is 12.9. The van der Waals surface area contributed by atoms with Crippen molar-refractivity contribution < 1.29 is 42.1 Å². The third-order valence-electron chi connectivity index (χ3n) is 16.4. The summed E-state index contributed by atoms with van der Waals surface area (Å²) in [6.07, 6.45) is 108. The molecule has 0 rings (SSSR count). The van der Waals surface area contributed by atoms with Gasteiger partial charge >= 0.3 is 19.8 Å². The van der Waals surface area contributed by atoms with Gasteiger partial charge in [0.25, 0.3) is 0 Å². The second-order valence-electron chi connectivity index (χ2n) is 26.6. The van der Waals surface area contributed by atoms with Crippen LogP contribution < -0.4 is 0 Å². The largest absolute Gasteiger partial charge is 0.472 e. The molecule has 2 atom stereocenters. The summed E-state index contributed by atoms with van der Waals surface area (Å²) in [4.78, 5) is 36.0. The average molecular weight is 1330 g/mol. The van der Waals surface area contributed by atoms with Crippen molar-refractivity contribution >= 4 is 19.8 Å². The van der Waals surface area contributed by atoms with Gasteiger partial charge in [0.2, 0.25) is 0 Å². The summed E-state index contributed by atoms with van der Waals surface area (Å²) in [6, 6.07) is 0. The molecule has 0 aromatic carbocycles. The lowest BCUT2D eigenvalue weighted by molar-refractivity contribution is -0.870. The van der Waals surface area contributed by atoms with Crippen molar-refractivity contribution in [2.24, 2.45) is 0 Å². The predicted molar refractivity (Wildman–Crippen MR) is 408 cm³/mol. The molecule has 0 spiro atoms. The van der Waals surface area contributed by atoms with Crippen LogP contribution in [-0.4, -0.2) is 74.9 Å². The maximum Gasteiger partial charge on any atom is 0.472 e. The number of nitrogens with zero attached hydrogens (tertiary/aromatic N) is 1. The molecule has 9 nitrogen and oxygen atoms in total. The number of phosphoric ester groups is 1. The monoisotopic (exact) mass is 1330 g/mol. The SMILES string of the molecule is CC/C=C\C/C=C\C/C=C\C/C=C\C/C=C\C/C=C\CCCCCCCCCCCCCCCCCCCCC(=O)OC(COC(=O)CCCCCCCCCCCCCCCC/C=C\C/C=C\C/C=C\C/C=C\C/C=C\C/C=C\CC)COP(=O)(O)OCC[N+](C)(C)C. The zero-order chi connectivity index (χ0) is 68.3. The first-order valence-corrected chi connectivity index (χ1v) is 40.1.